The molecule has 1 aliphatic rings. The van der Waals surface area contributed by atoms with Gasteiger partial charge in [0.05, 0.1) is 5.69 Å². The number of ether oxygens (including phenoxy) is 1. The zero-order valence-corrected chi connectivity index (χ0v) is 16.4. The summed E-state index contributed by atoms with van der Waals surface area (Å²) in [6.45, 7) is 5.89. The zero-order valence-electron chi connectivity index (χ0n) is 14.8. The highest BCUT2D eigenvalue weighted by Crippen LogP contribution is 2.32. The molecule has 0 bridgehead atoms. The highest BCUT2D eigenvalue weighted by Gasteiger charge is 2.27. The van der Waals surface area contributed by atoms with Gasteiger partial charge in [-0.15, -0.1) is 0 Å². The van der Waals surface area contributed by atoms with Crippen LogP contribution in [0.2, 0.25) is 0 Å². The maximum absolute atomic E-state index is 14.1. The Balaban J connectivity index is 2.00. The van der Waals surface area contributed by atoms with Crippen LogP contribution in [0.25, 0.3) is 0 Å². The average Bonchev–Trinajstić information content (AvgIpc) is 2.48. The number of amides is 1. The molecule has 0 heterocycles. The van der Waals surface area contributed by atoms with Gasteiger partial charge < -0.3 is 15.4 Å². The Morgan fingerprint density at radius 1 is 1.28 bits per heavy atom. The van der Waals surface area contributed by atoms with Crippen molar-refractivity contribution in [1.29, 1.82) is 0 Å². The average molecular weight is 419 g/mol. The second kappa shape index (κ2) is 8.34. The number of nitrogens with one attached hydrogen (secondary N) is 2. The van der Waals surface area contributed by atoms with E-state index in [1.54, 1.807) is 0 Å². The Bertz CT molecular complexity index is 597. The Kier molecular flexibility index (Phi) is 6.65. The molecule has 1 saturated carbocycles. The number of halogens is 3. The number of alkyl carbamates (subject to hydrolysis) is 1. The summed E-state index contributed by atoms with van der Waals surface area (Å²) in [5, 5.41) is 5.98. The molecule has 140 valence electrons. The summed E-state index contributed by atoms with van der Waals surface area (Å²) in [6.07, 6.45) is 3.43. The van der Waals surface area contributed by atoms with Crippen molar-refractivity contribution in [3.63, 3.8) is 0 Å². The van der Waals surface area contributed by atoms with Crippen LogP contribution in [-0.4, -0.2) is 24.3 Å². The van der Waals surface area contributed by atoms with E-state index in [2.05, 4.69) is 26.6 Å². The van der Waals surface area contributed by atoms with E-state index in [1.807, 2.05) is 20.8 Å². The lowest BCUT2D eigenvalue weighted by molar-refractivity contribution is 0.0514. The number of benzene rings is 1. The molecule has 2 unspecified atom stereocenters. The molecule has 25 heavy (non-hydrogen) atoms. The van der Waals surface area contributed by atoms with Crippen LogP contribution in [-0.2, 0) is 4.74 Å². The van der Waals surface area contributed by atoms with Gasteiger partial charge in [-0.05, 0) is 61.5 Å². The van der Waals surface area contributed by atoms with Gasteiger partial charge in [0.25, 0.3) is 0 Å². The Morgan fingerprint density at radius 3 is 2.60 bits per heavy atom. The van der Waals surface area contributed by atoms with Gasteiger partial charge in [0, 0.05) is 23.1 Å². The van der Waals surface area contributed by atoms with Crippen molar-refractivity contribution in [2.75, 3.05) is 11.9 Å². The lowest BCUT2D eigenvalue weighted by Gasteiger charge is -2.33. The molecule has 2 N–H and O–H groups in total. The van der Waals surface area contributed by atoms with E-state index in [-0.39, 0.29) is 17.6 Å². The number of hydrogen-bond donors (Lipinski definition) is 2. The summed E-state index contributed by atoms with van der Waals surface area (Å²) >= 11 is 3.21. The molecule has 7 heteroatoms. The molecule has 0 aliphatic heterocycles. The largest absolute Gasteiger partial charge is 0.444 e. The predicted octanol–water partition coefficient (Wildman–Crippen LogP) is 5.22. The minimum absolute atomic E-state index is 0.0000482. The SMILES string of the molecule is CC(C)(C)OC(=O)NCC1CCCCC1Nc1c(F)cc(F)cc1Br. The van der Waals surface area contributed by atoms with E-state index in [0.29, 0.717) is 11.0 Å². The molecule has 1 aromatic carbocycles. The monoisotopic (exact) mass is 418 g/mol. The summed E-state index contributed by atoms with van der Waals surface area (Å²) in [5.41, 5.74) is -0.285. The highest BCUT2D eigenvalue weighted by molar-refractivity contribution is 9.10. The van der Waals surface area contributed by atoms with E-state index in [9.17, 15) is 13.6 Å². The first kappa shape index (κ1) is 19.9. The van der Waals surface area contributed by atoms with Gasteiger partial charge in [-0.2, -0.15) is 0 Å². The number of carbonyl (C=O) groups excluding carboxylic acids is 1. The Morgan fingerprint density at radius 2 is 1.96 bits per heavy atom. The summed E-state index contributed by atoms with van der Waals surface area (Å²) in [4.78, 5) is 11.8. The quantitative estimate of drug-likeness (QED) is 0.704. The predicted molar refractivity (Wildman–Crippen MR) is 97.7 cm³/mol. The molecule has 2 rings (SSSR count). The first-order chi connectivity index (χ1) is 11.7. The highest BCUT2D eigenvalue weighted by atomic mass is 79.9. The van der Waals surface area contributed by atoms with Crippen molar-refractivity contribution in [2.24, 2.45) is 5.92 Å². The van der Waals surface area contributed by atoms with Crippen LogP contribution in [0.15, 0.2) is 16.6 Å². The lowest BCUT2D eigenvalue weighted by atomic mass is 9.84. The van der Waals surface area contributed by atoms with Crippen molar-refractivity contribution in [3.8, 4) is 0 Å². The van der Waals surface area contributed by atoms with E-state index in [0.717, 1.165) is 31.7 Å². The standard InChI is InChI=1S/C18H25BrF2N2O2/c1-18(2,3)25-17(24)22-10-11-6-4-5-7-15(11)23-16-13(19)8-12(20)9-14(16)21/h8-9,11,15,23H,4-7,10H2,1-3H3,(H,22,24). The third-order valence-corrected chi connectivity index (χ3v) is 4.78. The lowest BCUT2D eigenvalue weighted by Crippen LogP contribution is -2.42. The smallest absolute Gasteiger partial charge is 0.407 e. The fourth-order valence-corrected chi connectivity index (χ4v) is 3.56. The number of anilines is 1. The first-order valence-electron chi connectivity index (χ1n) is 8.53. The van der Waals surface area contributed by atoms with Gasteiger partial charge in [-0.25, -0.2) is 13.6 Å². The summed E-state index contributed by atoms with van der Waals surface area (Å²) in [6, 6.07) is 2.10. The molecule has 1 aromatic rings. The van der Waals surface area contributed by atoms with Crippen molar-refractivity contribution in [2.45, 2.75) is 58.1 Å². The van der Waals surface area contributed by atoms with Crippen LogP contribution in [0.1, 0.15) is 46.5 Å². The van der Waals surface area contributed by atoms with Crippen molar-refractivity contribution in [3.05, 3.63) is 28.2 Å². The van der Waals surface area contributed by atoms with Gasteiger partial charge in [0.2, 0.25) is 0 Å². The maximum atomic E-state index is 14.1. The van der Waals surface area contributed by atoms with Crippen LogP contribution in [0.3, 0.4) is 0 Å². The fraction of sp³-hybridized carbons (Fsp3) is 0.611. The third kappa shape index (κ3) is 6.13. The van der Waals surface area contributed by atoms with Crippen molar-refractivity contribution in [1.82, 2.24) is 5.32 Å². The summed E-state index contributed by atoms with van der Waals surface area (Å²) in [5.74, 6) is -1.10. The number of rotatable bonds is 4. The molecule has 0 spiro atoms. The Hall–Kier alpha value is -1.37. The minimum atomic E-state index is -0.628. The van der Waals surface area contributed by atoms with Crippen LogP contribution in [0, 0.1) is 17.6 Å². The fourth-order valence-electron chi connectivity index (χ4n) is 3.04. The molecule has 1 amide bonds. The molecular formula is C18H25BrF2N2O2. The third-order valence-electron chi connectivity index (χ3n) is 4.15. The Labute approximate surface area is 155 Å². The van der Waals surface area contributed by atoms with Crippen LogP contribution in [0.5, 0.6) is 0 Å². The van der Waals surface area contributed by atoms with E-state index in [4.69, 9.17) is 4.74 Å². The molecule has 4 nitrogen and oxygen atoms in total. The summed E-state index contributed by atoms with van der Waals surface area (Å²) < 4.78 is 32.9. The van der Waals surface area contributed by atoms with Crippen LogP contribution < -0.4 is 10.6 Å². The van der Waals surface area contributed by atoms with Gasteiger partial charge in [0.1, 0.15) is 17.2 Å². The number of carbonyl (C=O) groups is 1. The number of hydrogen-bond acceptors (Lipinski definition) is 3. The zero-order chi connectivity index (χ0) is 18.6. The van der Waals surface area contributed by atoms with E-state index in [1.165, 1.54) is 6.07 Å². The van der Waals surface area contributed by atoms with Gasteiger partial charge >= 0.3 is 6.09 Å². The van der Waals surface area contributed by atoms with Crippen molar-refractivity contribution >= 4 is 27.7 Å². The molecule has 1 fully saturated rings. The van der Waals surface area contributed by atoms with Crippen molar-refractivity contribution < 1.29 is 18.3 Å². The van der Waals surface area contributed by atoms with Crippen LogP contribution in [0.4, 0.5) is 19.3 Å². The maximum Gasteiger partial charge on any atom is 0.407 e. The molecule has 0 radical (unpaired) electrons. The first-order valence-corrected chi connectivity index (χ1v) is 9.33. The van der Waals surface area contributed by atoms with E-state index >= 15 is 0 Å². The summed E-state index contributed by atoms with van der Waals surface area (Å²) in [7, 11) is 0. The molecule has 0 saturated heterocycles. The van der Waals surface area contributed by atoms with Gasteiger partial charge in [0.15, 0.2) is 0 Å². The van der Waals surface area contributed by atoms with Gasteiger partial charge in [-0.3, -0.25) is 0 Å². The minimum Gasteiger partial charge on any atom is -0.444 e. The molecule has 0 aromatic heterocycles. The second-order valence-electron chi connectivity index (χ2n) is 7.42. The van der Waals surface area contributed by atoms with Gasteiger partial charge in [-0.1, -0.05) is 12.8 Å². The normalized spacial score (nSPS) is 20.9. The topological polar surface area (TPSA) is 50.4 Å². The molecular weight excluding hydrogens is 394 g/mol. The molecule has 1 aliphatic carbocycles. The molecule has 2 atom stereocenters. The van der Waals surface area contributed by atoms with E-state index < -0.39 is 23.3 Å². The second-order valence-corrected chi connectivity index (χ2v) is 8.28. The van der Waals surface area contributed by atoms with Crippen LogP contribution >= 0.6 is 15.9 Å².